The molecular weight excluding hydrogens is 396 g/mol. The first kappa shape index (κ1) is 18.7. The maximum Gasteiger partial charge on any atom is 0.310 e. The summed E-state index contributed by atoms with van der Waals surface area (Å²) >= 11 is 0. The van der Waals surface area contributed by atoms with Gasteiger partial charge in [0.05, 0.1) is 18.5 Å². The Morgan fingerprint density at radius 2 is 2.07 bits per heavy atom. The minimum Gasteiger partial charge on any atom is -0.462 e. The highest BCUT2D eigenvalue weighted by molar-refractivity contribution is 5.79. The summed E-state index contributed by atoms with van der Waals surface area (Å²) in [5, 5.41) is 5.89. The summed E-state index contributed by atoms with van der Waals surface area (Å²) in [4.78, 5) is 32.7. The maximum atomic E-state index is 14.4. The molecule has 2 aromatic rings. The molecule has 10 heteroatoms. The van der Waals surface area contributed by atoms with Gasteiger partial charge in [0.1, 0.15) is 11.9 Å². The zero-order valence-corrected chi connectivity index (χ0v) is 15.8. The lowest BCUT2D eigenvalue weighted by molar-refractivity contribution is -0.151. The molecule has 8 nitrogen and oxygen atoms in total. The van der Waals surface area contributed by atoms with E-state index in [4.69, 9.17) is 10.5 Å². The van der Waals surface area contributed by atoms with E-state index in [0.717, 1.165) is 6.20 Å². The van der Waals surface area contributed by atoms with Crippen LogP contribution >= 0.6 is 0 Å². The average molecular weight is 415 g/mol. The number of anilines is 3. The maximum absolute atomic E-state index is 14.4. The van der Waals surface area contributed by atoms with Gasteiger partial charge in [-0.3, -0.25) is 9.59 Å². The quantitative estimate of drug-likeness (QED) is 0.609. The Hall–Kier alpha value is -3.30. The summed E-state index contributed by atoms with van der Waals surface area (Å²) in [6.45, 7) is 0. The van der Waals surface area contributed by atoms with Gasteiger partial charge in [-0.25, -0.2) is 13.8 Å². The molecule has 4 N–H and O–H groups in total. The van der Waals surface area contributed by atoms with E-state index in [-0.39, 0.29) is 35.6 Å². The number of hydrogen-bond donors (Lipinski definition) is 3. The lowest BCUT2D eigenvalue weighted by Gasteiger charge is -2.34. The van der Waals surface area contributed by atoms with Crippen LogP contribution in [-0.4, -0.2) is 34.0 Å². The van der Waals surface area contributed by atoms with Gasteiger partial charge in [-0.05, 0) is 37.0 Å². The summed E-state index contributed by atoms with van der Waals surface area (Å²) in [5.41, 5.74) is 6.22. The van der Waals surface area contributed by atoms with Crippen molar-refractivity contribution in [3.63, 3.8) is 0 Å². The first-order valence-electron chi connectivity index (χ1n) is 9.72. The van der Waals surface area contributed by atoms with Crippen molar-refractivity contribution >= 4 is 29.3 Å². The van der Waals surface area contributed by atoms with Crippen LogP contribution in [0.1, 0.15) is 18.4 Å². The van der Waals surface area contributed by atoms with E-state index in [1.54, 1.807) is 0 Å². The number of aromatic nitrogens is 2. The predicted molar refractivity (Wildman–Crippen MR) is 102 cm³/mol. The van der Waals surface area contributed by atoms with Gasteiger partial charge in [0.25, 0.3) is 0 Å². The molecule has 5 atom stereocenters. The number of rotatable bonds is 1. The third-order valence-electron chi connectivity index (χ3n) is 6.24. The highest BCUT2D eigenvalue weighted by Gasteiger charge is 2.56. The second kappa shape index (κ2) is 6.89. The first-order valence-corrected chi connectivity index (χ1v) is 9.72. The van der Waals surface area contributed by atoms with Crippen LogP contribution in [0.25, 0.3) is 0 Å². The number of ether oxygens (including phenoxy) is 1. The molecule has 156 valence electrons. The zero-order chi connectivity index (χ0) is 21.0. The van der Waals surface area contributed by atoms with Crippen molar-refractivity contribution in [2.24, 2.45) is 23.5 Å². The average Bonchev–Trinajstić information content (AvgIpc) is 3.24. The van der Waals surface area contributed by atoms with Crippen LogP contribution in [-0.2, 0) is 20.7 Å². The SMILES string of the molecule is NC(=O)[C@H]1[C@@H]2C[C@H]3[C@H]1Nc1nc(ncc1F)Nc1ccc(F)c(c1)CC(=O)O[C@@H]3C2. The Morgan fingerprint density at radius 3 is 2.87 bits per heavy atom. The van der Waals surface area contributed by atoms with Crippen LogP contribution in [0.4, 0.5) is 26.2 Å². The molecule has 1 aliphatic heterocycles. The fraction of sp³-hybridized carbons (Fsp3) is 0.400. The van der Waals surface area contributed by atoms with E-state index < -0.39 is 41.6 Å². The van der Waals surface area contributed by atoms with E-state index in [2.05, 4.69) is 20.6 Å². The fourth-order valence-electron chi connectivity index (χ4n) is 5.01. The molecule has 1 amide bonds. The van der Waals surface area contributed by atoms with Crippen molar-refractivity contribution in [1.29, 1.82) is 0 Å². The molecule has 1 aromatic carbocycles. The lowest BCUT2D eigenvalue weighted by Crippen LogP contribution is -2.48. The van der Waals surface area contributed by atoms with Crippen molar-refractivity contribution in [3.05, 3.63) is 41.6 Å². The van der Waals surface area contributed by atoms with Crippen molar-refractivity contribution in [2.45, 2.75) is 31.4 Å². The zero-order valence-electron chi connectivity index (χ0n) is 15.8. The van der Waals surface area contributed by atoms with Crippen LogP contribution in [0.15, 0.2) is 24.4 Å². The van der Waals surface area contributed by atoms with Gasteiger partial charge in [0.2, 0.25) is 11.9 Å². The Kier molecular flexibility index (Phi) is 4.30. The summed E-state index contributed by atoms with van der Waals surface area (Å²) in [6.07, 6.45) is 1.42. The molecule has 2 saturated carbocycles. The molecule has 0 unspecified atom stereocenters. The minimum absolute atomic E-state index is 0.0826. The molecular formula is C20H19F2N5O3. The standard InChI is InChI=1S/C20H19F2N5O3/c21-12-2-1-10-3-8(12)6-15(28)30-14-5-9-4-11(14)17(16(9)18(23)29)26-19-13(22)7-24-20(25-10)27-19/h1-3,7,9,11,14,16-17H,4-6H2,(H2,23,29)(H2,24,25,26,27)/t9-,11-,14-,16+,17-/m1/s1. The number of nitrogens with zero attached hydrogens (tertiary/aromatic N) is 2. The largest absolute Gasteiger partial charge is 0.462 e. The van der Waals surface area contributed by atoms with Crippen LogP contribution in [0.5, 0.6) is 0 Å². The van der Waals surface area contributed by atoms with Crippen LogP contribution in [0, 0.1) is 29.4 Å². The van der Waals surface area contributed by atoms with E-state index in [1.807, 2.05) is 0 Å². The number of esters is 1. The van der Waals surface area contributed by atoms with Gasteiger partial charge >= 0.3 is 5.97 Å². The van der Waals surface area contributed by atoms with Crippen LogP contribution in [0.3, 0.4) is 0 Å². The van der Waals surface area contributed by atoms with Crippen LogP contribution < -0.4 is 16.4 Å². The molecule has 30 heavy (non-hydrogen) atoms. The Bertz CT molecular complexity index is 1050. The predicted octanol–water partition coefficient (Wildman–Crippen LogP) is 1.89. The topological polar surface area (TPSA) is 119 Å². The van der Waals surface area contributed by atoms with E-state index >= 15 is 0 Å². The van der Waals surface area contributed by atoms with Crippen molar-refractivity contribution in [1.82, 2.24) is 9.97 Å². The number of nitrogens with two attached hydrogens (primary N) is 1. The van der Waals surface area contributed by atoms with E-state index in [0.29, 0.717) is 18.5 Å². The van der Waals surface area contributed by atoms with Crippen molar-refractivity contribution in [2.75, 3.05) is 10.6 Å². The number of fused-ring (bicyclic) bond motifs is 5. The van der Waals surface area contributed by atoms with Gasteiger partial charge in [0.15, 0.2) is 11.6 Å². The highest BCUT2D eigenvalue weighted by atomic mass is 19.1. The Morgan fingerprint density at radius 1 is 1.23 bits per heavy atom. The summed E-state index contributed by atoms with van der Waals surface area (Å²) in [5.74, 6) is -3.12. The molecule has 0 saturated heterocycles. The number of carbonyl (C=O) groups excluding carboxylic acids is 2. The lowest BCUT2D eigenvalue weighted by atomic mass is 9.82. The van der Waals surface area contributed by atoms with Crippen molar-refractivity contribution < 1.29 is 23.1 Å². The normalized spacial score (nSPS) is 29.4. The third kappa shape index (κ3) is 3.12. The van der Waals surface area contributed by atoms with Crippen LogP contribution in [0.2, 0.25) is 0 Å². The number of hydrogen-bond acceptors (Lipinski definition) is 7. The molecule has 3 aliphatic rings. The van der Waals surface area contributed by atoms with Gasteiger partial charge < -0.3 is 21.1 Å². The van der Waals surface area contributed by atoms with Gasteiger partial charge in [-0.1, -0.05) is 0 Å². The molecule has 2 aliphatic carbocycles. The molecule has 2 heterocycles. The molecule has 1 aromatic heterocycles. The minimum atomic E-state index is -0.688. The number of amides is 1. The second-order valence-electron chi connectivity index (χ2n) is 8.02. The number of nitrogens with one attached hydrogen (secondary N) is 2. The highest BCUT2D eigenvalue weighted by Crippen LogP contribution is 2.51. The Balaban J connectivity index is 1.58. The molecule has 0 radical (unpaired) electrons. The van der Waals surface area contributed by atoms with E-state index in [9.17, 15) is 18.4 Å². The van der Waals surface area contributed by atoms with Gasteiger partial charge in [-0.15, -0.1) is 0 Å². The number of carbonyl (C=O) groups is 2. The number of halogens is 2. The summed E-state index contributed by atoms with van der Waals surface area (Å²) in [6, 6.07) is 3.62. The first-order chi connectivity index (χ1) is 14.4. The smallest absolute Gasteiger partial charge is 0.310 e. The van der Waals surface area contributed by atoms with Crippen molar-refractivity contribution in [3.8, 4) is 0 Å². The Labute approximate surface area is 170 Å². The van der Waals surface area contributed by atoms with Gasteiger partial charge in [-0.2, -0.15) is 4.98 Å². The third-order valence-corrected chi connectivity index (χ3v) is 6.24. The molecule has 6 bridgehead atoms. The monoisotopic (exact) mass is 415 g/mol. The number of benzene rings is 1. The number of primary amides is 1. The summed E-state index contributed by atoms with van der Waals surface area (Å²) < 4.78 is 34.3. The van der Waals surface area contributed by atoms with Gasteiger partial charge in [0, 0.05) is 23.2 Å². The summed E-state index contributed by atoms with van der Waals surface area (Å²) in [7, 11) is 0. The molecule has 2 fully saturated rings. The molecule has 5 rings (SSSR count). The van der Waals surface area contributed by atoms with E-state index in [1.165, 1.54) is 18.2 Å². The second-order valence-corrected chi connectivity index (χ2v) is 8.02. The molecule has 0 spiro atoms. The fourth-order valence-corrected chi connectivity index (χ4v) is 5.01.